The van der Waals surface area contributed by atoms with Crippen molar-refractivity contribution in [3.8, 4) is 11.4 Å². The number of nitrogens with zero attached hydrogens (tertiary/aromatic N) is 3. The summed E-state index contributed by atoms with van der Waals surface area (Å²) in [5, 5.41) is 3.12. The fourth-order valence-corrected chi connectivity index (χ4v) is 5.30. The van der Waals surface area contributed by atoms with Gasteiger partial charge in [0.25, 0.3) is 5.56 Å². The van der Waals surface area contributed by atoms with Gasteiger partial charge in [0.2, 0.25) is 5.91 Å². The van der Waals surface area contributed by atoms with Crippen molar-refractivity contribution < 1.29 is 27.1 Å². The minimum absolute atomic E-state index is 0.0767. The highest BCUT2D eigenvalue weighted by molar-refractivity contribution is 5.85. The third-order valence-electron chi connectivity index (χ3n) is 7.46. The molecule has 11 heteroatoms. The maximum Gasteiger partial charge on any atom is 0.419 e. The van der Waals surface area contributed by atoms with E-state index in [1.54, 1.807) is 79.9 Å². The van der Waals surface area contributed by atoms with E-state index in [4.69, 9.17) is 9.72 Å². The number of hydrogen-bond acceptors (Lipinski definition) is 5. The highest BCUT2D eigenvalue weighted by atomic mass is 19.4. The van der Waals surface area contributed by atoms with Crippen LogP contribution < -0.4 is 15.6 Å². The van der Waals surface area contributed by atoms with Gasteiger partial charge in [0.1, 0.15) is 17.4 Å². The lowest BCUT2D eigenvalue weighted by Gasteiger charge is -2.27. The first-order valence-corrected chi connectivity index (χ1v) is 14.4. The van der Waals surface area contributed by atoms with E-state index < -0.39 is 40.9 Å². The van der Waals surface area contributed by atoms with E-state index >= 15 is 0 Å². The van der Waals surface area contributed by atoms with Gasteiger partial charge in [-0.05, 0) is 73.2 Å². The average molecular weight is 619 g/mol. The summed E-state index contributed by atoms with van der Waals surface area (Å²) in [5.74, 6) is -3.57. The van der Waals surface area contributed by atoms with Gasteiger partial charge in [0.05, 0.1) is 34.7 Å². The van der Waals surface area contributed by atoms with Gasteiger partial charge in [-0.1, -0.05) is 31.2 Å². The molecule has 1 N–H and O–H groups in total. The van der Waals surface area contributed by atoms with Crippen molar-refractivity contribution >= 4 is 16.8 Å². The highest BCUT2D eigenvalue weighted by Crippen LogP contribution is 2.38. The van der Waals surface area contributed by atoms with Crippen LogP contribution in [0.1, 0.15) is 48.3 Å². The fourth-order valence-electron chi connectivity index (χ4n) is 5.30. The molecule has 5 rings (SSSR count). The standard InChI is InChI=1S/C34H30F4N4O3/c1-3-45-25-14-12-24(13-15-25)42-31(41-29-10-5-4-9-26(29)33(42)44)21(2)30(22-11-16-28(35)27(20-22)34(36,37)38)32(43)40-19-17-23-8-6-7-18-39-23/h4-16,18,20-21,30H,3,17,19H2,1-2H3,(H,40,43). The molecule has 1 amide bonds. The van der Waals surface area contributed by atoms with Crippen LogP contribution in [0.25, 0.3) is 16.6 Å². The molecule has 0 fully saturated rings. The summed E-state index contributed by atoms with van der Waals surface area (Å²) < 4.78 is 62.6. The number of carbonyl (C=O) groups excluding carboxylic acids is 1. The van der Waals surface area contributed by atoms with Crippen LogP contribution in [-0.4, -0.2) is 33.6 Å². The van der Waals surface area contributed by atoms with E-state index in [9.17, 15) is 27.2 Å². The van der Waals surface area contributed by atoms with Gasteiger partial charge in [-0.3, -0.25) is 19.1 Å². The van der Waals surface area contributed by atoms with Crippen LogP contribution in [-0.2, 0) is 17.4 Å². The van der Waals surface area contributed by atoms with E-state index in [1.807, 2.05) is 6.92 Å². The Morgan fingerprint density at radius 2 is 1.73 bits per heavy atom. The number of amides is 1. The zero-order valence-corrected chi connectivity index (χ0v) is 24.5. The number of benzene rings is 3. The Morgan fingerprint density at radius 3 is 2.42 bits per heavy atom. The van der Waals surface area contributed by atoms with Gasteiger partial charge in [-0.2, -0.15) is 13.2 Å². The molecule has 0 saturated heterocycles. The van der Waals surface area contributed by atoms with Crippen LogP contribution in [0.5, 0.6) is 5.75 Å². The van der Waals surface area contributed by atoms with Gasteiger partial charge in [-0.25, -0.2) is 9.37 Å². The van der Waals surface area contributed by atoms with Gasteiger partial charge >= 0.3 is 6.18 Å². The van der Waals surface area contributed by atoms with Crippen molar-refractivity contribution in [2.45, 2.75) is 38.3 Å². The monoisotopic (exact) mass is 618 g/mol. The molecular formula is C34H30F4N4O3. The number of nitrogens with one attached hydrogen (secondary N) is 1. The van der Waals surface area contributed by atoms with E-state index in [0.29, 0.717) is 53.2 Å². The number of halogens is 4. The number of pyridine rings is 1. The molecule has 0 bridgehead atoms. The van der Waals surface area contributed by atoms with E-state index in [2.05, 4.69) is 10.3 Å². The summed E-state index contributed by atoms with van der Waals surface area (Å²) in [5.41, 5.74) is -0.495. The second-order valence-corrected chi connectivity index (χ2v) is 10.4. The molecule has 2 aromatic heterocycles. The molecule has 0 aliphatic rings. The van der Waals surface area contributed by atoms with Crippen LogP contribution >= 0.6 is 0 Å². The summed E-state index contributed by atoms with van der Waals surface area (Å²) in [7, 11) is 0. The smallest absolute Gasteiger partial charge is 0.419 e. The van der Waals surface area contributed by atoms with Gasteiger partial charge in [0.15, 0.2) is 0 Å². The molecule has 0 aliphatic heterocycles. The van der Waals surface area contributed by atoms with Crippen LogP contribution in [0.4, 0.5) is 17.6 Å². The maximum absolute atomic E-state index is 14.3. The van der Waals surface area contributed by atoms with E-state index in [1.165, 1.54) is 4.57 Å². The lowest BCUT2D eigenvalue weighted by molar-refractivity contribution is -0.140. The Balaban J connectivity index is 1.64. The molecule has 2 atom stereocenters. The molecule has 2 unspecified atom stereocenters. The first kappa shape index (κ1) is 31.4. The molecule has 45 heavy (non-hydrogen) atoms. The van der Waals surface area contributed by atoms with Crippen molar-refractivity contribution in [1.82, 2.24) is 19.9 Å². The van der Waals surface area contributed by atoms with Gasteiger partial charge in [0, 0.05) is 30.8 Å². The summed E-state index contributed by atoms with van der Waals surface area (Å²) in [6, 6.07) is 21.2. The van der Waals surface area contributed by atoms with Gasteiger partial charge < -0.3 is 10.1 Å². The Hall–Kier alpha value is -5.06. The Bertz CT molecular complexity index is 1860. The van der Waals surface area contributed by atoms with Crippen molar-refractivity contribution in [2.75, 3.05) is 13.2 Å². The Labute approximate surface area is 256 Å². The molecule has 3 aromatic carbocycles. The number of carbonyl (C=O) groups is 1. The third-order valence-corrected chi connectivity index (χ3v) is 7.46. The normalized spacial score (nSPS) is 12.9. The number of rotatable bonds is 10. The summed E-state index contributed by atoms with van der Waals surface area (Å²) in [6.45, 7) is 4.03. The molecule has 0 saturated carbocycles. The van der Waals surface area contributed by atoms with Crippen molar-refractivity contribution in [2.24, 2.45) is 0 Å². The van der Waals surface area contributed by atoms with Gasteiger partial charge in [-0.15, -0.1) is 0 Å². The number of para-hydroxylation sites is 1. The summed E-state index contributed by atoms with van der Waals surface area (Å²) in [6.07, 6.45) is -3.00. The highest BCUT2D eigenvalue weighted by Gasteiger charge is 2.37. The van der Waals surface area contributed by atoms with Crippen molar-refractivity contribution in [1.29, 1.82) is 0 Å². The van der Waals surface area contributed by atoms with Crippen LogP contribution in [0.15, 0.2) is 95.9 Å². The number of hydrogen-bond donors (Lipinski definition) is 1. The maximum atomic E-state index is 14.3. The third kappa shape index (κ3) is 6.87. The average Bonchev–Trinajstić information content (AvgIpc) is 3.02. The number of fused-ring (bicyclic) bond motifs is 1. The lowest BCUT2D eigenvalue weighted by Crippen LogP contribution is -2.36. The van der Waals surface area contributed by atoms with Crippen molar-refractivity contribution in [3.63, 3.8) is 0 Å². The molecule has 7 nitrogen and oxygen atoms in total. The lowest BCUT2D eigenvalue weighted by atomic mass is 9.84. The molecule has 0 aliphatic carbocycles. The Morgan fingerprint density at radius 1 is 1.00 bits per heavy atom. The quantitative estimate of drug-likeness (QED) is 0.179. The van der Waals surface area contributed by atoms with Crippen LogP contribution in [0.3, 0.4) is 0 Å². The number of ether oxygens (including phenoxy) is 1. The molecule has 5 aromatic rings. The van der Waals surface area contributed by atoms with E-state index in [-0.39, 0.29) is 17.9 Å². The zero-order valence-electron chi connectivity index (χ0n) is 24.5. The Kier molecular flexibility index (Phi) is 9.26. The first-order chi connectivity index (χ1) is 21.6. The molecule has 232 valence electrons. The minimum atomic E-state index is -4.99. The molecule has 0 spiro atoms. The van der Waals surface area contributed by atoms with Crippen LogP contribution in [0.2, 0.25) is 0 Å². The minimum Gasteiger partial charge on any atom is -0.494 e. The first-order valence-electron chi connectivity index (χ1n) is 14.4. The fraction of sp³-hybridized carbons (Fsp3) is 0.235. The SMILES string of the molecule is CCOc1ccc(-n2c(C(C)C(C(=O)NCCc3ccccn3)c3ccc(F)c(C(F)(F)F)c3)nc3ccccc3c2=O)cc1. The van der Waals surface area contributed by atoms with E-state index in [0.717, 1.165) is 6.07 Å². The predicted octanol–water partition coefficient (Wildman–Crippen LogP) is 6.58. The second-order valence-electron chi connectivity index (χ2n) is 10.4. The largest absolute Gasteiger partial charge is 0.494 e. The zero-order chi connectivity index (χ0) is 32.1. The predicted molar refractivity (Wildman–Crippen MR) is 162 cm³/mol. The molecular weight excluding hydrogens is 588 g/mol. The molecule has 2 heterocycles. The second kappa shape index (κ2) is 13.3. The summed E-state index contributed by atoms with van der Waals surface area (Å²) >= 11 is 0. The number of aromatic nitrogens is 3. The number of alkyl halides is 3. The topological polar surface area (TPSA) is 86.1 Å². The van der Waals surface area contributed by atoms with Crippen molar-refractivity contribution in [3.05, 3.63) is 130 Å². The summed E-state index contributed by atoms with van der Waals surface area (Å²) in [4.78, 5) is 36.8. The van der Waals surface area contributed by atoms with Crippen LogP contribution in [0, 0.1) is 5.82 Å². The molecule has 0 radical (unpaired) electrons.